The third-order valence-electron chi connectivity index (χ3n) is 7.68. The molecule has 5 atom stereocenters. The molecule has 234 valence electrons. The van der Waals surface area contributed by atoms with E-state index in [1.54, 1.807) is 6.07 Å². The lowest BCUT2D eigenvalue weighted by Crippen LogP contribution is -2.52. The fourth-order valence-corrected chi connectivity index (χ4v) is 7.54. The number of thioether (sulfide) groups is 1. The number of ether oxygens (including phenoxy) is 3. The number of aliphatic hydroxyl groups excluding tert-OH is 1. The Hall–Kier alpha value is -2.68. The van der Waals surface area contributed by atoms with Gasteiger partial charge in [0.1, 0.15) is 11.6 Å². The summed E-state index contributed by atoms with van der Waals surface area (Å²) in [4.78, 5) is 17.5. The topological polar surface area (TPSA) is 140 Å². The van der Waals surface area contributed by atoms with E-state index in [4.69, 9.17) is 18.6 Å². The molecule has 5 rings (SSSR count). The van der Waals surface area contributed by atoms with Crippen molar-refractivity contribution in [2.24, 2.45) is 11.8 Å². The molecule has 13 heteroatoms. The molecule has 1 aromatic heterocycles. The molecule has 1 unspecified atom stereocenters. The van der Waals surface area contributed by atoms with Crippen molar-refractivity contribution >= 4 is 39.0 Å². The first-order valence-corrected chi connectivity index (χ1v) is 17.2. The van der Waals surface area contributed by atoms with Crippen molar-refractivity contribution in [2.45, 2.75) is 67.8 Å². The van der Waals surface area contributed by atoms with Crippen molar-refractivity contribution in [1.82, 2.24) is 14.6 Å². The van der Waals surface area contributed by atoms with Gasteiger partial charge in [-0.25, -0.2) is 18.2 Å². The second-order valence-electron chi connectivity index (χ2n) is 11.3. The van der Waals surface area contributed by atoms with Crippen LogP contribution in [0.15, 0.2) is 63.1 Å². The zero-order valence-electron chi connectivity index (χ0n) is 24.5. The maximum atomic E-state index is 13.9. The van der Waals surface area contributed by atoms with E-state index < -0.39 is 28.3 Å². The number of nitrogens with zero attached hydrogens (tertiary/aromatic N) is 2. The first-order valence-electron chi connectivity index (χ1n) is 14.5. The van der Waals surface area contributed by atoms with Crippen molar-refractivity contribution in [3.63, 3.8) is 0 Å². The van der Waals surface area contributed by atoms with E-state index in [1.807, 2.05) is 50.4 Å². The largest absolute Gasteiger partial charge is 0.446 e. The van der Waals surface area contributed by atoms with E-state index in [-0.39, 0.29) is 48.6 Å². The monoisotopic (exact) mass is 633 g/mol. The zero-order valence-corrected chi connectivity index (χ0v) is 26.2. The fraction of sp³-hybridized carbons (Fsp3) is 0.533. The summed E-state index contributed by atoms with van der Waals surface area (Å²) in [6, 6.07) is 13.2. The molecule has 2 saturated heterocycles. The Labute approximate surface area is 256 Å². The lowest BCUT2D eigenvalue weighted by molar-refractivity contribution is -0.179. The lowest BCUT2D eigenvalue weighted by atomic mass is 9.95. The fourth-order valence-electron chi connectivity index (χ4n) is 5.54. The highest BCUT2D eigenvalue weighted by atomic mass is 32.2. The molecule has 1 amide bonds. The number of aromatic nitrogens is 1. The molecular formula is C30H39N3O8S2. The van der Waals surface area contributed by atoms with Crippen LogP contribution < -0.4 is 5.32 Å². The molecular weight excluding hydrogens is 594 g/mol. The summed E-state index contributed by atoms with van der Waals surface area (Å²) >= 11 is 1.33. The molecule has 0 radical (unpaired) electrons. The van der Waals surface area contributed by atoms with Crippen molar-refractivity contribution in [1.29, 1.82) is 0 Å². The Balaban J connectivity index is 1.35. The second kappa shape index (κ2) is 14.0. The van der Waals surface area contributed by atoms with Gasteiger partial charge in [-0.2, -0.15) is 4.31 Å². The smallest absolute Gasteiger partial charge is 0.407 e. The molecule has 3 aromatic rings. The summed E-state index contributed by atoms with van der Waals surface area (Å²) in [5.41, 5.74) is 1.80. The molecule has 0 saturated carbocycles. The number of hydrogen-bond acceptors (Lipinski definition) is 10. The van der Waals surface area contributed by atoms with Crippen LogP contribution >= 0.6 is 11.8 Å². The maximum Gasteiger partial charge on any atom is 0.407 e. The number of sulfonamides is 1. The first kappa shape index (κ1) is 31.7. The Kier molecular flexibility index (Phi) is 10.3. The summed E-state index contributed by atoms with van der Waals surface area (Å²) in [7, 11) is -4.04. The predicted molar refractivity (Wildman–Crippen MR) is 161 cm³/mol. The van der Waals surface area contributed by atoms with Gasteiger partial charge in [-0.3, -0.25) is 0 Å². The number of hydrogen-bond donors (Lipinski definition) is 2. The lowest BCUT2D eigenvalue weighted by Gasteiger charge is -2.33. The van der Waals surface area contributed by atoms with Gasteiger partial charge in [0.15, 0.2) is 11.9 Å². The van der Waals surface area contributed by atoms with Crippen LogP contribution in [0.4, 0.5) is 4.79 Å². The molecule has 2 N–H and O–H groups in total. The van der Waals surface area contributed by atoms with Crippen molar-refractivity contribution < 1.29 is 36.9 Å². The summed E-state index contributed by atoms with van der Waals surface area (Å²) in [5.74, 6) is -0.0722. The van der Waals surface area contributed by atoms with Crippen molar-refractivity contribution in [3.05, 3.63) is 54.1 Å². The van der Waals surface area contributed by atoms with Gasteiger partial charge in [0.25, 0.3) is 5.22 Å². The Morgan fingerprint density at radius 1 is 1.14 bits per heavy atom. The van der Waals surface area contributed by atoms with Gasteiger partial charge in [0, 0.05) is 31.5 Å². The zero-order chi connectivity index (χ0) is 30.6. The summed E-state index contributed by atoms with van der Waals surface area (Å²) < 4.78 is 51.8. The number of alkyl carbamates (subject to hydrolysis) is 1. The van der Waals surface area contributed by atoms with Crippen LogP contribution in [0.1, 0.15) is 32.3 Å². The van der Waals surface area contributed by atoms with Gasteiger partial charge in [0.2, 0.25) is 10.0 Å². The molecule has 11 nitrogen and oxygen atoms in total. The number of benzene rings is 2. The van der Waals surface area contributed by atoms with Crippen molar-refractivity contribution in [3.8, 4) is 0 Å². The van der Waals surface area contributed by atoms with Crippen LogP contribution in [0.25, 0.3) is 11.1 Å². The van der Waals surface area contributed by atoms with E-state index in [0.717, 1.165) is 12.0 Å². The Morgan fingerprint density at radius 3 is 2.60 bits per heavy atom. The molecule has 3 heterocycles. The molecule has 2 aliphatic heterocycles. The van der Waals surface area contributed by atoms with Crippen LogP contribution in [-0.4, -0.2) is 86.0 Å². The number of fused-ring (bicyclic) bond motifs is 2. The number of carbonyl (C=O) groups excluding carboxylic acids is 1. The van der Waals surface area contributed by atoms with E-state index in [0.29, 0.717) is 36.0 Å². The second-order valence-corrected chi connectivity index (χ2v) is 14.0. The number of oxazole rings is 1. The van der Waals surface area contributed by atoms with Gasteiger partial charge in [-0.15, -0.1) is 0 Å². The van der Waals surface area contributed by atoms with Crippen LogP contribution in [0, 0.1) is 11.8 Å². The number of aliphatic hydroxyl groups is 1. The molecule has 0 aliphatic carbocycles. The molecule has 2 fully saturated rings. The average Bonchev–Trinajstić information content (AvgIpc) is 3.64. The van der Waals surface area contributed by atoms with E-state index in [1.165, 1.54) is 28.2 Å². The van der Waals surface area contributed by atoms with Gasteiger partial charge < -0.3 is 29.1 Å². The van der Waals surface area contributed by atoms with E-state index >= 15 is 0 Å². The number of nitrogens with one attached hydrogen (secondary N) is 1. The predicted octanol–water partition coefficient (Wildman–Crippen LogP) is 4.05. The molecule has 2 aliphatic rings. The minimum atomic E-state index is -4.04. The normalized spacial score (nSPS) is 22.0. The molecule has 0 spiro atoms. The molecule has 2 aromatic carbocycles. The first-order chi connectivity index (χ1) is 20.6. The summed E-state index contributed by atoms with van der Waals surface area (Å²) in [6.07, 6.45) is 0.732. The highest BCUT2D eigenvalue weighted by Crippen LogP contribution is 2.33. The summed E-state index contributed by atoms with van der Waals surface area (Å²) in [5, 5.41) is 14.8. The van der Waals surface area contributed by atoms with Crippen LogP contribution in [0.3, 0.4) is 0 Å². The average molecular weight is 634 g/mol. The van der Waals surface area contributed by atoms with E-state index in [9.17, 15) is 18.3 Å². The highest BCUT2D eigenvalue weighted by Gasteiger charge is 2.41. The van der Waals surface area contributed by atoms with Crippen LogP contribution in [0.2, 0.25) is 0 Å². The van der Waals surface area contributed by atoms with E-state index in [2.05, 4.69) is 10.3 Å². The summed E-state index contributed by atoms with van der Waals surface area (Å²) in [6.45, 7) is 4.72. The molecule has 43 heavy (non-hydrogen) atoms. The van der Waals surface area contributed by atoms with Crippen molar-refractivity contribution in [2.75, 3.05) is 32.6 Å². The third-order valence-corrected chi connectivity index (χ3v) is 10.0. The van der Waals surface area contributed by atoms with Gasteiger partial charge >= 0.3 is 6.09 Å². The minimum absolute atomic E-state index is 0.0281. The highest BCUT2D eigenvalue weighted by molar-refractivity contribution is 7.98. The SMILES string of the molecule is CSc1nc2ccc(S(=O)(=O)N(CC(C)C)C[C@@H](O)[C@H](Cc3ccccc3)NC(=O)O[C@H]3CCO[C@H]4OCCC43)cc2o1. The quantitative estimate of drug-likeness (QED) is 0.281. The van der Waals surface area contributed by atoms with Crippen LogP contribution in [-0.2, 0) is 30.7 Å². The van der Waals surface area contributed by atoms with Crippen LogP contribution in [0.5, 0.6) is 0 Å². The Morgan fingerprint density at radius 2 is 1.88 bits per heavy atom. The maximum absolute atomic E-state index is 13.9. The third kappa shape index (κ3) is 7.70. The number of carbonyl (C=O) groups is 1. The van der Waals surface area contributed by atoms with Gasteiger partial charge in [0.05, 0.1) is 30.3 Å². The standard InChI is InChI=1S/C30H39N3O8S2/c1-19(2)17-33(43(36,37)21-9-10-23-27(16-21)41-30(32-23)42-3)18-25(34)24(15-20-7-5-4-6-8-20)31-29(35)40-26-12-14-39-28-22(26)11-13-38-28/h4-10,16,19,22,24-26,28,34H,11-15,17-18H2,1-3H3,(H,31,35)/t22?,24-,25+,26-,28+/m0/s1. The Bertz CT molecular complexity index is 1480. The number of rotatable bonds is 12. The van der Waals surface area contributed by atoms with Gasteiger partial charge in [-0.05, 0) is 42.7 Å². The van der Waals surface area contributed by atoms with Gasteiger partial charge in [-0.1, -0.05) is 55.9 Å². The minimum Gasteiger partial charge on any atom is -0.446 e. The molecule has 0 bridgehead atoms. The number of amides is 1.